The van der Waals surface area contributed by atoms with Gasteiger partial charge in [0.1, 0.15) is 0 Å². The van der Waals surface area contributed by atoms with Gasteiger partial charge in [0.25, 0.3) is 9.05 Å². The van der Waals surface area contributed by atoms with Gasteiger partial charge >= 0.3 is 6.09 Å². The zero-order valence-electron chi connectivity index (χ0n) is 7.73. The third-order valence-corrected chi connectivity index (χ3v) is 2.94. The van der Waals surface area contributed by atoms with Gasteiger partial charge in [-0.05, 0) is 24.3 Å². The summed E-state index contributed by atoms with van der Waals surface area (Å²) in [4.78, 5) is 10.8. The molecule has 1 aromatic rings. The van der Waals surface area contributed by atoms with Crippen LogP contribution in [0.1, 0.15) is 0 Å². The molecule has 1 amide bonds. The molecule has 0 saturated heterocycles. The van der Waals surface area contributed by atoms with Crippen LogP contribution in [0.25, 0.3) is 0 Å². The van der Waals surface area contributed by atoms with Gasteiger partial charge in [0.2, 0.25) is 0 Å². The van der Waals surface area contributed by atoms with Gasteiger partial charge < -0.3 is 4.74 Å². The minimum atomic E-state index is -3.73. The Morgan fingerprint density at radius 1 is 1.33 bits per heavy atom. The molecule has 0 aliphatic rings. The molecule has 1 aromatic carbocycles. The first-order valence-electron chi connectivity index (χ1n) is 3.83. The summed E-state index contributed by atoms with van der Waals surface area (Å²) in [6, 6.07) is 5.39. The number of ether oxygens (including phenoxy) is 1. The average molecular weight is 250 g/mol. The van der Waals surface area contributed by atoms with Crippen molar-refractivity contribution in [2.24, 2.45) is 0 Å². The minimum Gasteiger partial charge on any atom is -0.453 e. The largest absolute Gasteiger partial charge is 0.453 e. The highest BCUT2D eigenvalue weighted by Gasteiger charge is 2.09. The Morgan fingerprint density at radius 2 is 1.87 bits per heavy atom. The second kappa shape index (κ2) is 4.50. The zero-order valence-corrected chi connectivity index (χ0v) is 9.30. The van der Waals surface area contributed by atoms with Gasteiger partial charge in [-0.15, -0.1) is 0 Å². The number of rotatable bonds is 2. The number of hydrogen-bond donors (Lipinski definition) is 1. The summed E-state index contributed by atoms with van der Waals surface area (Å²) < 4.78 is 26.1. The lowest BCUT2D eigenvalue weighted by atomic mass is 10.3. The lowest BCUT2D eigenvalue weighted by Gasteiger charge is -2.03. The number of carbonyl (C=O) groups is 1. The highest BCUT2D eigenvalue weighted by Crippen LogP contribution is 2.17. The Labute approximate surface area is 91.4 Å². The summed E-state index contributed by atoms with van der Waals surface area (Å²) in [5.41, 5.74) is 0.422. The Balaban J connectivity index is 2.86. The van der Waals surface area contributed by atoms with Crippen LogP contribution < -0.4 is 5.32 Å². The van der Waals surface area contributed by atoms with E-state index >= 15 is 0 Å². The first-order valence-corrected chi connectivity index (χ1v) is 6.14. The summed E-state index contributed by atoms with van der Waals surface area (Å²) in [5, 5.41) is 2.37. The smallest absolute Gasteiger partial charge is 0.411 e. The Bertz CT molecular complexity index is 454. The molecule has 1 N–H and O–H groups in total. The van der Waals surface area contributed by atoms with E-state index in [0.29, 0.717) is 5.69 Å². The van der Waals surface area contributed by atoms with Crippen molar-refractivity contribution in [2.45, 2.75) is 4.90 Å². The van der Waals surface area contributed by atoms with Gasteiger partial charge in [0.15, 0.2) is 0 Å². The van der Waals surface area contributed by atoms with Gasteiger partial charge in [-0.25, -0.2) is 13.2 Å². The molecule has 0 fully saturated rings. The number of benzene rings is 1. The second-order valence-electron chi connectivity index (χ2n) is 2.58. The van der Waals surface area contributed by atoms with Crippen LogP contribution in [0.5, 0.6) is 0 Å². The van der Waals surface area contributed by atoms with Gasteiger partial charge in [-0.1, -0.05) is 0 Å². The van der Waals surface area contributed by atoms with E-state index in [-0.39, 0.29) is 4.90 Å². The van der Waals surface area contributed by atoms with Crippen LogP contribution in [0.3, 0.4) is 0 Å². The quantitative estimate of drug-likeness (QED) is 0.811. The van der Waals surface area contributed by atoms with Crippen molar-refractivity contribution in [3.8, 4) is 0 Å². The maximum Gasteiger partial charge on any atom is 0.411 e. The van der Waals surface area contributed by atoms with Crippen molar-refractivity contribution in [2.75, 3.05) is 12.4 Å². The molecule has 0 bridgehead atoms. The first-order chi connectivity index (χ1) is 6.93. The summed E-state index contributed by atoms with van der Waals surface area (Å²) in [5.74, 6) is 0. The molecule has 82 valence electrons. The van der Waals surface area contributed by atoms with E-state index in [0.717, 1.165) is 0 Å². The third kappa shape index (κ3) is 3.41. The lowest BCUT2D eigenvalue weighted by Crippen LogP contribution is -2.10. The summed E-state index contributed by atoms with van der Waals surface area (Å²) in [6.07, 6.45) is -0.628. The van der Waals surface area contributed by atoms with Crippen LogP contribution in [-0.4, -0.2) is 21.6 Å². The Hall–Kier alpha value is -1.27. The maximum atomic E-state index is 10.9. The van der Waals surface area contributed by atoms with Crippen LogP contribution in [-0.2, 0) is 13.8 Å². The van der Waals surface area contributed by atoms with E-state index in [9.17, 15) is 13.2 Å². The standard InChI is InChI=1S/C8H8ClNO4S/c1-14-8(11)10-6-2-4-7(5-3-6)15(9,12)13/h2-5H,1H3,(H,10,11). The van der Waals surface area contributed by atoms with E-state index in [2.05, 4.69) is 10.1 Å². The molecule has 15 heavy (non-hydrogen) atoms. The van der Waals surface area contributed by atoms with Crippen molar-refractivity contribution < 1.29 is 17.9 Å². The van der Waals surface area contributed by atoms with Crippen molar-refractivity contribution in [3.05, 3.63) is 24.3 Å². The first kappa shape index (κ1) is 11.8. The molecular weight excluding hydrogens is 242 g/mol. The van der Waals surface area contributed by atoms with E-state index in [1.54, 1.807) is 0 Å². The molecule has 0 aliphatic carbocycles. The maximum absolute atomic E-state index is 10.9. The normalized spacial score (nSPS) is 10.8. The Kier molecular flexibility index (Phi) is 3.54. The molecule has 0 unspecified atom stereocenters. The summed E-state index contributed by atoms with van der Waals surface area (Å²) >= 11 is 0. The predicted octanol–water partition coefficient (Wildman–Crippen LogP) is 1.79. The number of nitrogens with one attached hydrogen (secondary N) is 1. The molecular formula is C8H8ClNO4S. The zero-order chi connectivity index (χ0) is 11.5. The topological polar surface area (TPSA) is 72.5 Å². The second-order valence-corrected chi connectivity index (χ2v) is 5.14. The fraction of sp³-hybridized carbons (Fsp3) is 0.125. The van der Waals surface area contributed by atoms with Crippen molar-refractivity contribution in [3.63, 3.8) is 0 Å². The molecule has 0 spiro atoms. The minimum absolute atomic E-state index is 0.0282. The molecule has 1 rings (SSSR count). The van der Waals surface area contributed by atoms with Crippen LogP contribution in [0, 0.1) is 0 Å². The van der Waals surface area contributed by atoms with Gasteiger partial charge in [0, 0.05) is 16.4 Å². The highest BCUT2D eigenvalue weighted by molar-refractivity contribution is 8.13. The molecule has 0 heterocycles. The van der Waals surface area contributed by atoms with Crippen molar-refractivity contribution >= 4 is 31.5 Å². The van der Waals surface area contributed by atoms with E-state index in [1.807, 2.05) is 0 Å². The number of hydrogen-bond acceptors (Lipinski definition) is 4. The van der Waals surface area contributed by atoms with E-state index in [4.69, 9.17) is 10.7 Å². The van der Waals surface area contributed by atoms with Gasteiger partial charge in [-0.2, -0.15) is 0 Å². The van der Waals surface area contributed by atoms with Crippen molar-refractivity contribution in [1.82, 2.24) is 0 Å². The molecule has 7 heteroatoms. The SMILES string of the molecule is COC(=O)Nc1ccc(S(=O)(=O)Cl)cc1. The van der Waals surface area contributed by atoms with E-state index < -0.39 is 15.1 Å². The fourth-order valence-corrected chi connectivity index (χ4v) is 1.64. The fourth-order valence-electron chi connectivity index (χ4n) is 0.870. The monoisotopic (exact) mass is 249 g/mol. The number of carbonyl (C=O) groups excluding carboxylic acids is 1. The van der Waals surface area contributed by atoms with Gasteiger partial charge in [0.05, 0.1) is 12.0 Å². The molecule has 0 aromatic heterocycles. The number of halogens is 1. The molecule has 0 aliphatic heterocycles. The predicted molar refractivity (Wildman–Crippen MR) is 55.5 cm³/mol. The van der Waals surface area contributed by atoms with Gasteiger partial charge in [-0.3, -0.25) is 5.32 Å². The highest BCUT2D eigenvalue weighted by atomic mass is 35.7. The lowest BCUT2D eigenvalue weighted by molar-refractivity contribution is 0.187. The average Bonchev–Trinajstić information content (AvgIpc) is 2.17. The number of amides is 1. The number of methoxy groups -OCH3 is 1. The summed E-state index contributed by atoms with van der Waals surface area (Å²) in [7, 11) is 2.61. The Morgan fingerprint density at radius 3 is 2.27 bits per heavy atom. The van der Waals surface area contributed by atoms with Crippen LogP contribution >= 0.6 is 10.7 Å². The van der Waals surface area contributed by atoms with Crippen molar-refractivity contribution in [1.29, 1.82) is 0 Å². The van der Waals surface area contributed by atoms with E-state index in [1.165, 1.54) is 31.4 Å². The van der Waals surface area contributed by atoms with Crippen LogP contribution in [0.2, 0.25) is 0 Å². The molecule has 0 radical (unpaired) electrons. The summed E-state index contributed by atoms with van der Waals surface area (Å²) in [6.45, 7) is 0. The molecule has 0 saturated carbocycles. The molecule has 5 nitrogen and oxygen atoms in total. The van der Waals surface area contributed by atoms with Crippen LogP contribution in [0.15, 0.2) is 29.2 Å². The van der Waals surface area contributed by atoms with Crippen LogP contribution in [0.4, 0.5) is 10.5 Å². The third-order valence-electron chi connectivity index (χ3n) is 1.57. The number of anilines is 1. The molecule has 0 atom stereocenters.